The Kier molecular flexibility index (Phi) is 7.93. The van der Waals surface area contributed by atoms with Gasteiger partial charge in [0, 0.05) is 45.0 Å². The van der Waals surface area contributed by atoms with Gasteiger partial charge in [0.2, 0.25) is 0 Å². The number of aromatic nitrogens is 2. The molecule has 0 saturated carbocycles. The van der Waals surface area contributed by atoms with Crippen molar-refractivity contribution in [1.29, 1.82) is 0 Å². The van der Waals surface area contributed by atoms with Gasteiger partial charge in [0.05, 0.1) is 23.7 Å². The smallest absolute Gasteiger partial charge is 0.337 e. The van der Waals surface area contributed by atoms with E-state index < -0.39 is 0 Å². The van der Waals surface area contributed by atoms with Crippen molar-refractivity contribution in [3.8, 4) is 11.4 Å². The van der Waals surface area contributed by atoms with Crippen molar-refractivity contribution < 1.29 is 14.3 Å². The summed E-state index contributed by atoms with van der Waals surface area (Å²) >= 11 is 0. The van der Waals surface area contributed by atoms with E-state index in [4.69, 9.17) is 9.47 Å². The molecule has 2 heterocycles. The van der Waals surface area contributed by atoms with E-state index in [2.05, 4.69) is 51.2 Å². The molecule has 7 nitrogen and oxygen atoms in total. The van der Waals surface area contributed by atoms with Crippen LogP contribution in [0.25, 0.3) is 22.8 Å². The molecule has 0 unspecified atom stereocenters. The van der Waals surface area contributed by atoms with E-state index in [1.807, 2.05) is 41.0 Å². The van der Waals surface area contributed by atoms with Crippen LogP contribution in [0.15, 0.2) is 85.2 Å². The summed E-state index contributed by atoms with van der Waals surface area (Å²) in [4.78, 5) is 21.2. The van der Waals surface area contributed by atoms with Crippen LogP contribution >= 0.6 is 0 Å². The van der Waals surface area contributed by atoms with Gasteiger partial charge in [0.25, 0.3) is 0 Å². The fourth-order valence-corrected chi connectivity index (χ4v) is 4.56. The lowest BCUT2D eigenvalue weighted by Crippen LogP contribution is -2.47. The summed E-state index contributed by atoms with van der Waals surface area (Å²) in [5, 5.41) is 0. The molecular weight excluding hydrogens is 464 g/mol. The van der Waals surface area contributed by atoms with Gasteiger partial charge in [-0.05, 0) is 48.0 Å². The zero-order valence-electron chi connectivity index (χ0n) is 21.1. The van der Waals surface area contributed by atoms with Gasteiger partial charge in [0.15, 0.2) is 0 Å². The number of hydrogen-bond acceptors (Lipinski definition) is 6. The first-order chi connectivity index (χ1) is 18.2. The Morgan fingerprint density at radius 1 is 0.946 bits per heavy atom. The summed E-state index contributed by atoms with van der Waals surface area (Å²) in [6.07, 6.45) is 6.21. The first-order valence-corrected chi connectivity index (χ1v) is 12.6. The first-order valence-electron chi connectivity index (χ1n) is 12.6. The third-order valence-corrected chi connectivity index (χ3v) is 6.70. The van der Waals surface area contributed by atoms with Crippen molar-refractivity contribution in [1.82, 2.24) is 19.4 Å². The van der Waals surface area contributed by atoms with Gasteiger partial charge in [-0.25, -0.2) is 9.78 Å². The molecule has 4 aromatic rings. The predicted octanol–water partition coefficient (Wildman–Crippen LogP) is 4.52. The number of piperazine rings is 1. The van der Waals surface area contributed by atoms with Crippen LogP contribution in [0.2, 0.25) is 0 Å². The van der Waals surface area contributed by atoms with Crippen LogP contribution in [0.1, 0.15) is 15.9 Å². The first kappa shape index (κ1) is 24.7. The van der Waals surface area contributed by atoms with Crippen LogP contribution in [0.3, 0.4) is 0 Å². The van der Waals surface area contributed by atoms with Gasteiger partial charge < -0.3 is 9.47 Å². The van der Waals surface area contributed by atoms with E-state index in [0.29, 0.717) is 12.2 Å². The Bertz CT molecular complexity index is 1340. The zero-order chi connectivity index (χ0) is 25.5. The lowest BCUT2D eigenvalue weighted by molar-refractivity contribution is 0.0601. The fourth-order valence-electron chi connectivity index (χ4n) is 4.56. The number of carbonyl (C=O) groups is 1. The molecule has 1 aliphatic rings. The highest BCUT2D eigenvalue weighted by atomic mass is 16.5. The minimum Gasteiger partial charge on any atom is -0.492 e. The topological polar surface area (TPSA) is 59.8 Å². The molecule has 1 fully saturated rings. The van der Waals surface area contributed by atoms with Gasteiger partial charge in [-0.3, -0.25) is 14.4 Å². The van der Waals surface area contributed by atoms with E-state index in [-0.39, 0.29) is 5.97 Å². The van der Waals surface area contributed by atoms with Crippen molar-refractivity contribution in [3.63, 3.8) is 0 Å². The molecule has 5 rings (SSSR count). The van der Waals surface area contributed by atoms with Crippen LogP contribution in [-0.4, -0.2) is 78.3 Å². The number of nitrogens with zero attached hydrogens (tertiary/aromatic N) is 4. The van der Waals surface area contributed by atoms with Gasteiger partial charge in [-0.1, -0.05) is 42.5 Å². The molecule has 3 aromatic carbocycles. The summed E-state index contributed by atoms with van der Waals surface area (Å²) in [6.45, 7) is 6.85. The molecule has 1 aliphatic heterocycles. The van der Waals surface area contributed by atoms with E-state index in [1.165, 1.54) is 12.7 Å². The summed E-state index contributed by atoms with van der Waals surface area (Å²) in [6, 6.07) is 23.8. The van der Waals surface area contributed by atoms with Crippen molar-refractivity contribution in [2.45, 2.75) is 0 Å². The fraction of sp³-hybridized carbons (Fsp3) is 0.267. The number of fused-ring (bicyclic) bond motifs is 1. The number of hydrogen-bond donors (Lipinski definition) is 0. The molecule has 1 saturated heterocycles. The largest absolute Gasteiger partial charge is 0.492 e. The summed E-state index contributed by atoms with van der Waals surface area (Å²) in [5.74, 6) is 0.488. The minimum atomic E-state index is -0.365. The molecule has 0 radical (unpaired) electrons. The van der Waals surface area contributed by atoms with E-state index >= 15 is 0 Å². The van der Waals surface area contributed by atoms with Gasteiger partial charge in [0.1, 0.15) is 18.7 Å². The Labute approximate surface area is 217 Å². The SMILES string of the molecule is COC(=O)c1ccc2c(c1)ncn2-c1ccc(OCCN2CCN(CC=Cc3ccccc3)CC2)cc1. The summed E-state index contributed by atoms with van der Waals surface area (Å²) in [7, 11) is 1.38. The average Bonchev–Trinajstić information content (AvgIpc) is 3.38. The molecule has 0 bridgehead atoms. The quantitative estimate of drug-likeness (QED) is 0.318. The number of carbonyl (C=O) groups excluding carboxylic acids is 1. The molecule has 0 spiro atoms. The highest BCUT2D eigenvalue weighted by molar-refractivity contribution is 5.93. The Balaban J connectivity index is 1.07. The Morgan fingerprint density at radius 3 is 2.46 bits per heavy atom. The second-order valence-electron chi connectivity index (χ2n) is 9.11. The average molecular weight is 497 g/mol. The van der Waals surface area contributed by atoms with Crippen molar-refractivity contribution in [2.75, 3.05) is 53.0 Å². The number of methoxy groups -OCH3 is 1. The molecule has 0 N–H and O–H groups in total. The molecule has 1 aromatic heterocycles. The van der Waals surface area contributed by atoms with Gasteiger partial charge in [-0.2, -0.15) is 0 Å². The zero-order valence-corrected chi connectivity index (χ0v) is 21.1. The number of imidazole rings is 1. The second kappa shape index (κ2) is 11.9. The third kappa shape index (κ3) is 6.25. The molecule has 190 valence electrons. The van der Waals surface area contributed by atoms with Crippen LogP contribution in [0.5, 0.6) is 5.75 Å². The Morgan fingerprint density at radius 2 is 1.70 bits per heavy atom. The predicted molar refractivity (Wildman–Crippen MR) is 146 cm³/mol. The second-order valence-corrected chi connectivity index (χ2v) is 9.11. The molecule has 0 atom stereocenters. The summed E-state index contributed by atoms with van der Waals surface area (Å²) in [5.41, 5.74) is 4.40. The standard InChI is InChI=1S/C30H32N4O3/c1-36-30(35)25-9-14-29-28(22-25)31-23-34(29)26-10-12-27(13-11-26)37-21-20-33-18-16-32(17-19-33)15-5-8-24-6-3-2-4-7-24/h2-14,22-23H,15-21H2,1H3. The van der Waals surface area contributed by atoms with Crippen molar-refractivity contribution in [2.24, 2.45) is 0 Å². The van der Waals surface area contributed by atoms with Crippen LogP contribution in [-0.2, 0) is 4.74 Å². The van der Waals surface area contributed by atoms with E-state index in [9.17, 15) is 4.79 Å². The number of benzene rings is 3. The molecule has 37 heavy (non-hydrogen) atoms. The van der Waals surface area contributed by atoms with Crippen LogP contribution in [0, 0.1) is 0 Å². The maximum atomic E-state index is 11.8. The van der Waals surface area contributed by atoms with Crippen molar-refractivity contribution >= 4 is 23.1 Å². The lowest BCUT2D eigenvalue weighted by atomic mass is 10.2. The minimum absolute atomic E-state index is 0.365. The Hall–Kier alpha value is -3.94. The summed E-state index contributed by atoms with van der Waals surface area (Å²) < 4.78 is 12.8. The van der Waals surface area contributed by atoms with Crippen LogP contribution in [0.4, 0.5) is 0 Å². The lowest BCUT2D eigenvalue weighted by Gasteiger charge is -2.34. The highest BCUT2D eigenvalue weighted by Crippen LogP contribution is 2.22. The molecule has 0 aliphatic carbocycles. The van der Waals surface area contributed by atoms with Gasteiger partial charge >= 0.3 is 5.97 Å². The van der Waals surface area contributed by atoms with E-state index in [0.717, 1.165) is 61.7 Å². The monoisotopic (exact) mass is 496 g/mol. The van der Waals surface area contributed by atoms with Crippen LogP contribution < -0.4 is 4.74 Å². The van der Waals surface area contributed by atoms with Gasteiger partial charge in [-0.15, -0.1) is 0 Å². The normalized spacial score (nSPS) is 14.8. The van der Waals surface area contributed by atoms with Crippen molar-refractivity contribution in [3.05, 3.63) is 96.3 Å². The maximum absolute atomic E-state index is 11.8. The molecule has 0 amide bonds. The molecule has 7 heteroatoms. The number of esters is 1. The van der Waals surface area contributed by atoms with E-state index in [1.54, 1.807) is 18.5 Å². The number of ether oxygens (including phenoxy) is 2. The highest BCUT2D eigenvalue weighted by Gasteiger charge is 2.15. The number of rotatable bonds is 9. The maximum Gasteiger partial charge on any atom is 0.337 e. The molecular formula is C30H32N4O3. The third-order valence-electron chi connectivity index (χ3n) is 6.70.